The lowest BCUT2D eigenvalue weighted by Crippen LogP contribution is -2.49. The number of thiophene rings is 1. The van der Waals surface area contributed by atoms with Gasteiger partial charge in [0.15, 0.2) is 24.0 Å². The molecule has 0 amide bonds. The number of benzene rings is 4. The number of aliphatic hydroxyl groups is 2. The highest BCUT2D eigenvalue weighted by Gasteiger charge is 2.32. The van der Waals surface area contributed by atoms with E-state index in [1.807, 2.05) is 32.0 Å². The number of ether oxygens (including phenoxy) is 11. The zero-order valence-corrected chi connectivity index (χ0v) is 49.7. The summed E-state index contributed by atoms with van der Waals surface area (Å²) in [5.41, 5.74) is 5.88. The predicted molar refractivity (Wildman–Crippen MR) is 315 cm³/mol. The lowest BCUT2D eigenvalue weighted by Gasteiger charge is -2.35. The van der Waals surface area contributed by atoms with Gasteiger partial charge in [-0.3, -0.25) is 4.90 Å². The van der Waals surface area contributed by atoms with Gasteiger partial charge >= 0.3 is 0 Å². The number of nitrogens with zero attached hydrogens (tertiary/aromatic N) is 6. The van der Waals surface area contributed by atoms with Gasteiger partial charge in [-0.05, 0) is 103 Å². The van der Waals surface area contributed by atoms with Crippen LogP contribution in [0.2, 0.25) is 10.0 Å². The van der Waals surface area contributed by atoms with Crippen LogP contribution in [0, 0.1) is 19.7 Å². The second kappa shape index (κ2) is 29.5. The Morgan fingerprint density at radius 1 is 0.786 bits per heavy atom. The first kappa shape index (κ1) is 61.2. The van der Waals surface area contributed by atoms with Crippen LogP contribution >= 0.6 is 34.5 Å². The molecule has 448 valence electrons. The van der Waals surface area contributed by atoms with E-state index in [1.54, 1.807) is 49.7 Å². The third-order valence-electron chi connectivity index (χ3n) is 14.6. The zero-order valence-electron chi connectivity index (χ0n) is 47.4. The number of methoxy groups -OCH3 is 1. The van der Waals surface area contributed by atoms with Gasteiger partial charge in [0.05, 0.1) is 87.2 Å². The molecule has 84 heavy (non-hydrogen) atoms. The molecule has 7 aromatic rings. The van der Waals surface area contributed by atoms with E-state index in [0.717, 1.165) is 37.3 Å². The Bertz CT molecular complexity index is 3290. The second-order valence-electron chi connectivity index (χ2n) is 20.6. The van der Waals surface area contributed by atoms with Crippen molar-refractivity contribution in [3.63, 3.8) is 0 Å². The first-order chi connectivity index (χ1) is 40.9. The number of halogens is 3. The van der Waals surface area contributed by atoms with Crippen LogP contribution in [0.5, 0.6) is 28.9 Å². The molecule has 2 N–H and O–H groups in total. The molecule has 19 nitrogen and oxygen atoms in total. The lowest BCUT2D eigenvalue weighted by molar-refractivity contribution is -0.112. The molecule has 0 saturated carbocycles. The topological polar surface area (TPSA) is 200 Å². The van der Waals surface area contributed by atoms with Crippen LogP contribution in [0.25, 0.3) is 43.2 Å². The molecule has 11 rings (SSSR count). The van der Waals surface area contributed by atoms with Gasteiger partial charge in [0.25, 0.3) is 0 Å². The van der Waals surface area contributed by atoms with E-state index >= 15 is 0 Å². The van der Waals surface area contributed by atoms with Crippen molar-refractivity contribution in [3.05, 3.63) is 123 Å². The van der Waals surface area contributed by atoms with E-state index in [1.165, 1.54) is 29.8 Å². The van der Waals surface area contributed by atoms with Crippen molar-refractivity contribution in [1.29, 1.82) is 0 Å². The van der Waals surface area contributed by atoms with E-state index in [0.29, 0.717) is 166 Å². The molecular weight excluding hydrogens is 1150 g/mol. The van der Waals surface area contributed by atoms with Crippen molar-refractivity contribution in [3.8, 4) is 61.8 Å². The number of likely N-dealkylation sites (N-methyl/N-ethyl adjacent to an activating group) is 1. The Morgan fingerprint density at radius 3 is 2.29 bits per heavy atom. The molecule has 0 radical (unpaired) electrons. The van der Waals surface area contributed by atoms with Gasteiger partial charge in [-0.15, -0.1) is 11.3 Å². The summed E-state index contributed by atoms with van der Waals surface area (Å²) < 4.78 is 81.2. The number of fused-ring (bicyclic) bond motifs is 7. The molecule has 4 aromatic carbocycles. The predicted octanol–water partition coefficient (Wildman–Crippen LogP) is 8.80. The van der Waals surface area contributed by atoms with Gasteiger partial charge in [0.2, 0.25) is 5.88 Å². The van der Waals surface area contributed by atoms with E-state index in [2.05, 4.69) is 31.8 Å². The van der Waals surface area contributed by atoms with Crippen molar-refractivity contribution in [2.24, 2.45) is 0 Å². The maximum atomic E-state index is 14.5. The normalized spacial score (nSPS) is 17.9. The fourth-order valence-corrected chi connectivity index (χ4v) is 11.8. The molecule has 4 aliphatic heterocycles. The molecule has 0 aliphatic carbocycles. The van der Waals surface area contributed by atoms with Crippen molar-refractivity contribution < 1.29 is 66.7 Å². The molecule has 3 aromatic heterocycles. The van der Waals surface area contributed by atoms with Crippen LogP contribution in [0.1, 0.15) is 27.9 Å². The van der Waals surface area contributed by atoms with Gasteiger partial charge in [0.1, 0.15) is 66.3 Å². The largest absolute Gasteiger partial charge is 0.491 e. The van der Waals surface area contributed by atoms with Crippen molar-refractivity contribution in [1.82, 2.24) is 29.7 Å². The van der Waals surface area contributed by atoms with Gasteiger partial charge < -0.3 is 67.2 Å². The minimum atomic E-state index is -2.02. The molecule has 23 heteroatoms. The summed E-state index contributed by atoms with van der Waals surface area (Å²) in [6.45, 7) is 12.4. The average Bonchev–Trinajstić information content (AvgIpc) is 3.38. The van der Waals surface area contributed by atoms with Crippen LogP contribution in [-0.2, 0) is 48.1 Å². The molecule has 0 unspecified atom stereocenters. The second-order valence-corrected chi connectivity index (χ2v) is 22.3. The van der Waals surface area contributed by atoms with Crippen LogP contribution < -0.4 is 23.7 Å². The maximum absolute atomic E-state index is 14.5. The number of aliphatic hydroxyl groups excluding tert-OH is 1. The molecular formula is C61H69Cl2FN6O13S. The Hall–Kier alpha value is -5.89. The number of rotatable bonds is 22. The monoisotopic (exact) mass is 1210 g/mol. The van der Waals surface area contributed by atoms with Gasteiger partial charge in [0, 0.05) is 74.0 Å². The maximum Gasteiger partial charge on any atom is 0.226 e. The number of piperazine rings is 1. The highest BCUT2D eigenvalue weighted by atomic mass is 35.5. The molecule has 7 heterocycles. The molecule has 0 spiro atoms. The van der Waals surface area contributed by atoms with E-state index in [9.17, 15) is 14.6 Å². The smallest absolute Gasteiger partial charge is 0.226 e. The minimum absolute atomic E-state index is 0.00568. The van der Waals surface area contributed by atoms with Gasteiger partial charge in [-0.1, -0.05) is 35.3 Å². The number of aromatic nitrogens is 4. The standard InChI is InChI=1S/C61H69Cl2FN6O13S/c1-37-51-38(2)55(63)56(54(37)62)82-46(30-70-17-15-69(3)16-18-70)34-79-45-10-12-49(40(27-45)29-50(61(71)72)83-59-53-52(51)57(84-60(53)67-36-66-59)39-5-7-42(64)8-6-39)81-32-43-13-14-65-58(68-43)48-11-9-44(80-35-47-33-77-25-26-78-47)28-41(48)31-76-24-23-75-22-21-74-20-19-73-4/h5-14,27-28,36,46-47,50,61,71-72H,15-26,29-35H2,1-4H3/t46-,47-,50-/m1/s1. The number of hydrogen-bond acceptors (Lipinski definition) is 20. The summed E-state index contributed by atoms with van der Waals surface area (Å²) in [5, 5.41) is 23.6. The van der Waals surface area contributed by atoms with Crippen molar-refractivity contribution in [2.75, 3.05) is 120 Å². The zero-order chi connectivity index (χ0) is 58.5. The molecule has 4 aliphatic rings. The first-order valence-electron chi connectivity index (χ1n) is 27.9. The summed E-state index contributed by atoms with van der Waals surface area (Å²) in [4.78, 5) is 24.8. The molecule has 4 bridgehead atoms. The SMILES string of the molecule is COCCOCCOCCOCc1cc(OC[C@H]2COCCO2)ccc1-c1nccc(COc2ccc3cc2C[C@H](C(O)O)Oc2ncnc4sc(-c5ccc(F)cc5)c(c24)-c2c(C)c(Cl)c(c(Cl)c2C)O[C@H](CN2CCN(C)CC2)CO3)n1. The minimum Gasteiger partial charge on any atom is -0.491 e. The number of hydrogen-bond donors (Lipinski definition) is 2. The van der Waals surface area contributed by atoms with Crippen LogP contribution in [-0.4, -0.2) is 184 Å². The summed E-state index contributed by atoms with van der Waals surface area (Å²) >= 11 is 16.1. The first-order valence-corrected chi connectivity index (χ1v) is 29.5. The average molecular weight is 1220 g/mol. The summed E-state index contributed by atoms with van der Waals surface area (Å²) in [5.74, 6) is 1.88. The van der Waals surface area contributed by atoms with Gasteiger partial charge in [-0.25, -0.2) is 24.3 Å². The fraction of sp³-hybridized carbons (Fsp3) is 0.443. The van der Waals surface area contributed by atoms with E-state index in [4.69, 9.17) is 80.3 Å². The quantitative estimate of drug-likeness (QED) is 0.0481. The fourth-order valence-electron chi connectivity index (χ4n) is 10.1. The highest BCUT2D eigenvalue weighted by molar-refractivity contribution is 7.22. The third kappa shape index (κ3) is 15.4. The lowest BCUT2D eigenvalue weighted by atomic mass is 9.92. The van der Waals surface area contributed by atoms with Crippen molar-refractivity contribution in [2.45, 2.75) is 58.1 Å². The van der Waals surface area contributed by atoms with Gasteiger partial charge in [-0.2, -0.15) is 0 Å². The third-order valence-corrected chi connectivity index (χ3v) is 16.7. The summed E-state index contributed by atoms with van der Waals surface area (Å²) in [6.07, 6.45) is -1.16. The van der Waals surface area contributed by atoms with Crippen LogP contribution in [0.4, 0.5) is 4.39 Å². The summed E-state index contributed by atoms with van der Waals surface area (Å²) in [7, 11) is 3.73. The molecule has 3 atom stereocenters. The Morgan fingerprint density at radius 2 is 1.55 bits per heavy atom. The molecule has 2 saturated heterocycles. The highest BCUT2D eigenvalue weighted by Crippen LogP contribution is 2.53. The Labute approximate surface area is 501 Å². The van der Waals surface area contributed by atoms with E-state index < -0.39 is 24.3 Å². The van der Waals surface area contributed by atoms with E-state index in [-0.39, 0.29) is 38.2 Å². The van der Waals surface area contributed by atoms with Crippen LogP contribution in [0.3, 0.4) is 0 Å². The Kier molecular flexibility index (Phi) is 21.5. The Balaban J connectivity index is 0.963. The van der Waals surface area contributed by atoms with Crippen LogP contribution in [0.15, 0.2) is 79.3 Å². The summed E-state index contributed by atoms with van der Waals surface area (Å²) in [6, 6.07) is 18.9. The van der Waals surface area contributed by atoms with Crippen molar-refractivity contribution >= 4 is 44.8 Å². The molecule has 2 fully saturated rings.